The minimum absolute atomic E-state index is 0.690. The third-order valence-electron chi connectivity index (χ3n) is 0.995. The molecule has 0 amide bonds. The Labute approximate surface area is 58.7 Å². The molecule has 0 unspecified atom stereocenters. The van der Waals surface area contributed by atoms with Gasteiger partial charge in [0.2, 0.25) is 0 Å². The van der Waals surface area contributed by atoms with Crippen molar-refractivity contribution >= 4 is 17.0 Å². The Hall–Kier alpha value is -0.540. The zero-order valence-electron chi connectivity index (χ0n) is 5.13. The van der Waals surface area contributed by atoms with Crippen LogP contribution >= 0.6 is 11.3 Å². The van der Waals surface area contributed by atoms with Crippen LogP contribution in [0.3, 0.4) is 0 Å². The van der Waals surface area contributed by atoms with E-state index in [0.29, 0.717) is 6.54 Å². The second-order valence-corrected chi connectivity index (χ2v) is 2.51. The maximum atomic E-state index is 5.29. The zero-order chi connectivity index (χ0) is 6.53. The third-order valence-corrected chi connectivity index (χ3v) is 1.68. The normalized spacial score (nSPS) is 9.44. The van der Waals surface area contributed by atoms with Crippen molar-refractivity contribution in [2.45, 2.75) is 0 Å². The molecule has 0 bridgehead atoms. The van der Waals surface area contributed by atoms with E-state index in [0.717, 1.165) is 6.54 Å². The van der Waals surface area contributed by atoms with Crippen molar-refractivity contribution in [2.75, 3.05) is 18.4 Å². The van der Waals surface area contributed by atoms with E-state index in [1.165, 1.54) is 5.69 Å². The molecule has 0 aliphatic heterocycles. The molecule has 3 heteroatoms. The summed E-state index contributed by atoms with van der Waals surface area (Å²) < 4.78 is 0. The second-order valence-electron chi connectivity index (χ2n) is 1.73. The van der Waals surface area contributed by atoms with Crippen LogP contribution in [0.1, 0.15) is 0 Å². The molecule has 0 aliphatic rings. The van der Waals surface area contributed by atoms with Gasteiger partial charge in [0.15, 0.2) is 0 Å². The van der Waals surface area contributed by atoms with Gasteiger partial charge in [-0.1, -0.05) is 0 Å². The van der Waals surface area contributed by atoms with E-state index >= 15 is 0 Å². The molecular weight excluding hydrogens is 132 g/mol. The number of anilines is 1. The fourth-order valence-electron chi connectivity index (χ4n) is 0.582. The van der Waals surface area contributed by atoms with Gasteiger partial charge in [-0.2, -0.15) is 11.3 Å². The first-order chi connectivity index (χ1) is 4.43. The van der Waals surface area contributed by atoms with E-state index in [4.69, 9.17) is 5.73 Å². The Bertz CT molecular complexity index is 148. The molecule has 3 N–H and O–H groups in total. The van der Waals surface area contributed by atoms with Gasteiger partial charge < -0.3 is 11.1 Å². The molecule has 0 spiro atoms. The number of thiophene rings is 1. The van der Waals surface area contributed by atoms with E-state index in [9.17, 15) is 0 Å². The molecule has 0 saturated carbocycles. The van der Waals surface area contributed by atoms with Gasteiger partial charge in [-0.15, -0.1) is 0 Å². The van der Waals surface area contributed by atoms with E-state index in [1.54, 1.807) is 11.3 Å². The molecule has 0 aliphatic carbocycles. The molecular formula is C6H10N2S. The highest BCUT2D eigenvalue weighted by atomic mass is 32.1. The van der Waals surface area contributed by atoms with Gasteiger partial charge in [0.25, 0.3) is 0 Å². The molecule has 0 fully saturated rings. The highest BCUT2D eigenvalue weighted by molar-refractivity contribution is 7.08. The van der Waals surface area contributed by atoms with Crippen molar-refractivity contribution in [3.63, 3.8) is 0 Å². The standard InChI is InChI=1S/C6H10N2S/c7-2-3-8-6-1-4-9-5-6/h1,4-5,8H,2-3,7H2. The van der Waals surface area contributed by atoms with Crippen LogP contribution in [0.25, 0.3) is 0 Å². The number of rotatable bonds is 3. The molecule has 1 aromatic heterocycles. The van der Waals surface area contributed by atoms with Crippen molar-refractivity contribution in [1.82, 2.24) is 0 Å². The summed E-state index contributed by atoms with van der Waals surface area (Å²) in [6.45, 7) is 1.55. The molecule has 1 rings (SSSR count). The van der Waals surface area contributed by atoms with Gasteiger partial charge in [-0.25, -0.2) is 0 Å². The minimum atomic E-state index is 0.690. The van der Waals surface area contributed by atoms with Gasteiger partial charge in [0.1, 0.15) is 0 Å². The second kappa shape index (κ2) is 3.48. The minimum Gasteiger partial charge on any atom is -0.383 e. The van der Waals surface area contributed by atoms with Crippen molar-refractivity contribution in [3.8, 4) is 0 Å². The predicted octanol–water partition coefficient (Wildman–Crippen LogP) is 1.12. The summed E-state index contributed by atoms with van der Waals surface area (Å²) in [7, 11) is 0. The average Bonchev–Trinajstić information content (AvgIpc) is 2.34. The van der Waals surface area contributed by atoms with Crippen LogP contribution in [-0.2, 0) is 0 Å². The fourth-order valence-corrected chi connectivity index (χ4v) is 1.19. The molecule has 0 aromatic carbocycles. The van der Waals surface area contributed by atoms with Gasteiger partial charge >= 0.3 is 0 Å². The zero-order valence-corrected chi connectivity index (χ0v) is 5.95. The van der Waals surface area contributed by atoms with E-state index < -0.39 is 0 Å². The molecule has 0 saturated heterocycles. The maximum Gasteiger partial charge on any atom is 0.0449 e. The summed E-state index contributed by atoms with van der Waals surface area (Å²) in [5, 5.41) is 7.27. The summed E-state index contributed by atoms with van der Waals surface area (Å²) in [6, 6.07) is 2.04. The van der Waals surface area contributed by atoms with Crippen molar-refractivity contribution < 1.29 is 0 Å². The van der Waals surface area contributed by atoms with Crippen LogP contribution in [0.5, 0.6) is 0 Å². The Morgan fingerprint density at radius 1 is 1.67 bits per heavy atom. The quantitative estimate of drug-likeness (QED) is 0.663. The molecule has 1 heterocycles. The van der Waals surface area contributed by atoms with Crippen molar-refractivity contribution in [2.24, 2.45) is 5.73 Å². The van der Waals surface area contributed by atoms with E-state index in [-0.39, 0.29) is 0 Å². The lowest BCUT2D eigenvalue weighted by Gasteiger charge is -1.97. The molecule has 2 nitrogen and oxygen atoms in total. The summed E-state index contributed by atoms with van der Waals surface area (Å²) in [4.78, 5) is 0. The van der Waals surface area contributed by atoms with E-state index in [2.05, 4.69) is 10.7 Å². The largest absolute Gasteiger partial charge is 0.383 e. The first kappa shape index (κ1) is 6.58. The van der Waals surface area contributed by atoms with Gasteiger partial charge in [-0.3, -0.25) is 0 Å². The van der Waals surface area contributed by atoms with Crippen LogP contribution in [0.4, 0.5) is 5.69 Å². The smallest absolute Gasteiger partial charge is 0.0449 e. The predicted molar refractivity (Wildman–Crippen MR) is 41.9 cm³/mol. The van der Waals surface area contributed by atoms with E-state index in [1.807, 2.05) is 11.4 Å². The molecule has 0 atom stereocenters. The Kier molecular flexibility index (Phi) is 2.54. The van der Waals surface area contributed by atoms with Crippen LogP contribution in [0, 0.1) is 0 Å². The Morgan fingerprint density at radius 2 is 2.56 bits per heavy atom. The highest BCUT2D eigenvalue weighted by Crippen LogP contribution is 2.10. The number of hydrogen-bond donors (Lipinski definition) is 2. The summed E-state index contributed by atoms with van der Waals surface area (Å²) in [5.74, 6) is 0. The van der Waals surface area contributed by atoms with Gasteiger partial charge in [-0.05, 0) is 11.4 Å². The summed E-state index contributed by atoms with van der Waals surface area (Å²) in [6.07, 6.45) is 0. The lowest BCUT2D eigenvalue weighted by Crippen LogP contribution is -2.12. The molecule has 50 valence electrons. The average molecular weight is 142 g/mol. The summed E-state index contributed by atoms with van der Waals surface area (Å²) in [5.41, 5.74) is 6.46. The fraction of sp³-hybridized carbons (Fsp3) is 0.333. The molecule has 9 heavy (non-hydrogen) atoms. The Morgan fingerprint density at radius 3 is 3.11 bits per heavy atom. The molecule has 0 radical (unpaired) electrons. The lowest BCUT2D eigenvalue weighted by atomic mass is 10.5. The molecule has 1 aromatic rings. The van der Waals surface area contributed by atoms with Crippen LogP contribution < -0.4 is 11.1 Å². The van der Waals surface area contributed by atoms with Crippen LogP contribution in [0.2, 0.25) is 0 Å². The highest BCUT2D eigenvalue weighted by Gasteiger charge is 1.86. The lowest BCUT2D eigenvalue weighted by molar-refractivity contribution is 1.03. The van der Waals surface area contributed by atoms with Gasteiger partial charge in [0, 0.05) is 24.2 Å². The first-order valence-corrected chi connectivity index (χ1v) is 3.84. The maximum absolute atomic E-state index is 5.29. The third kappa shape index (κ3) is 2.03. The summed E-state index contributed by atoms with van der Waals surface area (Å²) >= 11 is 1.69. The Balaban J connectivity index is 2.30. The van der Waals surface area contributed by atoms with Crippen molar-refractivity contribution in [3.05, 3.63) is 16.8 Å². The van der Waals surface area contributed by atoms with Crippen molar-refractivity contribution in [1.29, 1.82) is 0 Å². The number of nitrogens with one attached hydrogen (secondary N) is 1. The number of nitrogens with two attached hydrogens (primary N) is 1. The monoisotopic (exact) mass is 142 g/mol. The van der Waals surface area contributed by atoms with Gasteiger partial charge in [0.05, 0.1) is 0 Å². The topological polar surface area (TPSA) is 38.0 Å². The first-order valence-electron chi connectivity index (χ1n) is 2.89. The SMILES string of the molecule is NCCNc1ccsc1. The van der Waals surface area contributed by atoms with Crippen LogP contribution in [-0.4, -0.2) is 13.1 Å². The number of hydrogen-bond acceptors (Lipinski definition) is 3. The van der Waals surface area contributed by atoms with Crippen LogP contribution in [0.15, 0.2) is 16.8 Å².